The van der Waals surface area contributed by atoms with Crippen molar-refractivity contribution < 1.29 is 29.3 Å². The van der Waals surface area contributed by atoms with Gasteiger partial charge in [0, 0.05) is 5.56 Å². The Labute approximate surface area is 178 Å². The zero-order chi connectivity index (χ0) is 21.6. The third kappa shape index (κ3) is 3.10. The zero-order valence-electron chi connectivity index (χ0n) is 16.4. The van der Waals surface area contributed by atoms with Gasteiger partial charge in [-0.2, -0.15) is 0 Å². The van der Waals surface area contributed by atoms with Crippen molar-refractivity contribution in [3.63, 3.8) is 0 Å². The minimum absolute atomic E-state index is 0.0652. The Hall–Kier alpha value is -3.84. The summed E-state index contributed by atoms with van der Waals surface area (Å²) in [6.07, 6.45) is -0.474. The van der Waals surface area contributed by atoms with Crippen LogP contribution in [0.15, 0.2) is 66.7 Å². The topological polar surface area (TPSA) is 96.3 Å². The Morgan fingerprint density at radius 1 is 1.00 bits per heavy atom. The van der Waals surface area contributed by atoms with Gasteiger partial charge in [0.05, 0.1) is 24.2 Å². The van der Waals surface area contributed by atoms with Crippen molar-refractivity contribution in [2.45, 2.75) is 18.6 Å². The molecular weight excluding hydrogens is 398 g/mol. The predicted molar refractivity (Wildman–Crippen MR) is 111 cm³/mol. The second-order valence-electron chi connectivity index (χ2n) is 7.57. The van der Waals surface area contributed by atoms with E-state index in [1.807, 2.05) is 6.07 Å². The molecule has 7 heteroatoms. The van der Waals surface area contributed by atoms with Crippen molar-refractivity contribution in [3.05, 3.63) is 83.4 Å². The number of anilines is 1. The lowest BCUT2D eigenvalue weighted by atomic mass is 9.88. The summed E-state index contributed by atoms with van der Waals surface area (Å²) >= 11 is 0. The maximum Gasteiger partial charge on any atom is 0.264 e. The van der Waals surface area contributed by atoms with Crippen LogP contribution in [0.5, 0.6) is 17.2 Å². The Morgan fingerprint density at radius 3 is 2.58 bits per heavy atom. The number of phenolic OH excluding ortho intramolecular Hbond substituents is 1. The normalized spacial score (nSPS) is 18.9. The van der Waals surface area contributed by atoms with Crippen LogP contribution in [0, 0.1) is 0 Å². The molecule has 2 aliphatic heterocycles. The maximum atomic E-state index is 13.4. The van der Waals surface area contributed by atoms with E-state index in [9.17, 15) is 19.8 Å². The van der Waals surface area contributed by atoms with Gasteiger partial charge in [0.15, 0.2) is 22.9 Å². The number of para-hydroxylation sites is 2. The summed E-state index contributed by atoms with van der Waals surface area (Å²) in [5, 5.41) is 21.4. The van der Waals surface area contributed by atoms with Gasteiger partial charge in [0.2, 0.25) is 6.79 Å². The Balaban J connectivity index is 1.48. The number of fused-ring (bicyclic) bond motifs is 2. The second-order valence-corrected chi connectivity index (χ2v) is 7.57. The van der Waals surface area contributed by atoms with E-state index in [4.69, 9.17) is 9.47 Å². The van der Waals surface area contributed by atoms with Crippen LogP contribution in [0.25, 0.3) is 0 Å². The quantitative estimate of drug-likeness (QED) is 0.620. The molecule has 0 bridgehead atoms. The van der Waals surface area contributed by atoms with E-state index in [0.717, 1.165) is 5.56 Å². The van der Waals surface area contributed by atoms with Crippen molar-refractivity contribution >= 4 is 17.4 Å². The highest BCUT2D eigenvalue weighted by Gasteiger charge is 2.51. The number of carbonyl (C=O) groups excluding carboxylic acids is 2. The number of nitrogens with zero attached hydrogens (tertiary/aromatic N) is 1. The van der Waals surface area contributed by atoms with Crippen LogP contribution < -0.4 is 14.4 Å². The fourth-order valence-corrected chi connectivity index (χ4v) is 4.09. The first-order chi connectivity index (χ1) is 15.0. The van der Waals surface area contributed by atoms with Crippen LogP contribution in [-0.2, 0) is 16.9 Å². The largest absolute Gasteiger partial charge is 0.507 e. The molecule has 5 rings (SSSR count). The third-order valence-corrected chi connectivity index (χ3v) is 5.64. The summed E-state index contributed by atoms with van der Waals surface area (Å²) in [5.74, 6) is -0.0556. The third-order valence-electron chi connectivity index (χ3n) is 5.64. The molecular formula is C24H19NO6. The molecule has 3 aromatic carbocycles. The van der Waals surface area contributed by atoms with Gasteiger partial charge >= 0.3 is 0 Å². The van der Waals surface area contributed by atoms with Gasteiger partial charge in [-0.25, -0.2) is 0 Å². The average molecular weight is 417 g/mol. The number of amides is 1. The lowest BCUT2D eigenvalue weighted by molar-refractivity contribution is -0.136. The highest BCUT2D eigenvalue weighted by Crippen LogP contribution is 2.44. The van der Waals surface area contributed by atoms with Crippen LogP contribution in [-0.4, -0.2) is 28.7 Å². The molecule has 1 atom stereocenters. The van der Waals surface area contributed by atoms with E-state index in [2.05, 4.69) is 0 Å². The van der Waals surface area contributed by atoms with Crippen LogP contribution in [0.1, 0.15) is 27.9 Å². The molecule has 0 saturated carbocycles. The number of benzene rings is 3. The van der Waals surface area contributed by atoms with Crippen LogP contribution in [0.3, 0.4) is 0 Å². The number of phenols is 1. The maximum absolute atomic E-state index is 13.4. The number of rotatable bonds is 5. The number of ether oxygens (including phenoxy) is 2. The second kappa shape index (κ2) is 7.14. The molecule has 1 amide bonds. The molecule has 7 nitrogen and oxygen atoms in total. The molecule has 0 radical (unpaired) electrons. The number of carbonyl (C=O) groups is 2. The van der Waals surface area contributed by atoms with E-state index < -0.39 is 23.7 Å². The summed E-state index contributed by atoms with van der Waals surface area (Å²) in [5.41, 5.74) is -0.256. The molecule has 0 fully saturated rings. The van der Waals surface area contributed by atoms with E-state index in [1.54, 1.807) is 48.5 Å². The van der Waals surface area contributed by atoms with Gasteiger partial charge in [0.1, 0.15) is 5.75 Å². The van der Waals surface area contributed by atoms with E-state index in [-0.39, 0.29) is 24.7 Å². The molecule has 3 aromatic rings. The lowest BCUT2D eigenvalue weighted by Gasteiger charge is -2.23. The molecule has 0 spiro atoms. The number of hydrogen-bond donors (Lipinski definition) is 2. The minimum atomic E-state index is -2.02. The fourth-order valence-electron chi connectivity index (χ4n) is 4.09. The number of ketones is 1. The van der Waals surface area contributed by atoms with Gasteiger partial charge in [-0.1, -0.05) is 36.4 Å². The first kappa shape index (κ1) is 19.1. The van der Waals surface area contributed by atoms with Crippen molar-refractivity contribution in [1.82, 2.24) is 0 Å². The van der Waals surface area contributed by atoms with Gasteiger partial charge in [0.25, 0.3) is 5.91 Å². The lowest BCUT2D eigenvalue weighted by Crippen LogP contribution is -2.41. The van der Waals surface area contributed by atoms with E-state index in [0.29, 0.717) is 22.7 Å². The molecule has 156 valence electrons. The molecule has 31 heavy (non-hydrogen) atoms. The van der Waals surface area contributed by atoms with Crippen molar-refractivity contribution in [1.29, 1.82) is 0 Å². The van der Waals surface area contributed by atoms with Gasteiger partial charge < -0.3 is 24.6 Å². The van der Waals surface area contributed by atoms with Crippen LogP contribution in [0.4, 0.5) is 5.69 Å². The van der Waals surface area contributed by atoms with Crippen molar-refractivity contribution in [2.75, 3.05) is 11.7 Å². The SMILES string of the molecule is O=C(C[C@@]1(O)C(=O)N(Cc2ccc3c(c2)OCO3)c2ccccc21)c1ccccc1O. The number of hydrogen-bond acceptors (Lipinski definition) is 6. The molecule has 0 unspecified atom stereocenters. The van der Waals surface area contributed by atoms with Crippen LogP contribution in [0.2, 0.25) is 0 Å². The molecule has 0 saturated heterocycles. The van der Waals surface area contributed by atoms with Crippen molar-refractivity contribution in [3.8, 4) is 17.2 Å². The minimum Gasteiger partial charge on any atom is -0.507 e. The molecule has 2 aliphatic rings. The molecule has 2 N–H and O–H groups in total. The summed E-state index contributed by atoms with van der Waals surface area (Å²) in [4.78, 5) is 27.7. The highest BCUT2D eigenvalue weighted by atomic mass is 16.7. The predicted octanol–water partition coefficient (Wildman–Crippen LogP) is 3.13. The van der Waals surface area contributed by atoms with Gasteiger partial charge in [-0.3, -0.25) is 9.59 Å². The molecule has 0 aromatic heterocycles. The first-order valence-corrected chi connectivity index (χ1v) is 9.81. The first-order valence-electron chi connectivity index (χ1n) is 9.81. The standard InChI is InChI=1S/C24H19NO6/c26-19-8-4-1-5-16(19)20(27)12-24(29)17-6-2-3-7-18(17)25(23(24)28)13-15-9-10-21-22(11-15)31-14-30-21/h1-11,26,29H,12-14H2/t24-/m0/s1. The molecule has 0 aliphatic carbocycles. The number of Topliss-reactive ketones (excluding diaryl/α,β-unsaturated/α-hetero) is 1. The Morgan fingerprint density at radius 2 is 1.74 bits per heavy atom. The monoisotopic (exact) mass is 417 g/mol. The van der Waals surface area contributed by atoms with E-state index >= 15 is 0 Å². The Kier molecular flexibility index (Phi) is 4.41. The number of aliphatic hydroxyl groups is 1. The zero-order valence-corrected chi connectivity index (χ0v) is 16.4. The summed E-state index contributed by atoms with van der Waals surface area (Å²) in [7, 11) is 0. The molecule has 2 heterocycles. The highest BCUT2D eigenvalue weighted by molar-refractivity contribution is 6.11. The smallest absolute Gasteiger partial charge is 0.264 e. The summed E-state index contributed by atoms with van der Waals surface area (Å²) < 4.78 is 10.7. The summed E-state index contributed by atoms with van der Waals surface area (Å²) in [6.45, 7) is 0.345. The Bertz CT molecular complexity index is 1210. The number of aromatic hydroxyl groups is 1. The van der Waals surface area contributed by atoms with Crippen molar-refractivity contribution in [2.24, 2.45) is 0 Å². The average Bonchev–Trinajstić information content (AvgIpc) is 3.31. The summed E-state index contributed by atoms with van der Waals surface area (Å²) in [6, 6.07) is 18.4. The van der Waals surface area contributed by atoms with E-state index in [1.165, 1.54) is 17.0 Å². The van der Waals surface area contributed by atoms with Gasteiger partial charge in [-0.05, 0) is 35.9 Å². The van der Waals surface area contributed by atoms with Gasteiger partial charge in [-0.15, -0.1) is 0 Å². The fraction of sp³-hybridized carbons (Fsp3) is 0.167. The van der Waals surface area contributed by atoms with Crippen LogP contribution >= 0.6 is 0 Å².